The Kier molecular flexibility index (Phi) is 1.84. The van der Waals surface area contributed by atoms with E-state index in [0.29, 0.717) is 0 Å². The van der Waals surface area contributed by atoms with Crippen molar-refractivity contribution in [3.05, 3.63) is 36.0 Å². The predicted molar refractivity (Wildman–Crippen MR) is 62.9 cm³/mol. The number of benzene rings is 1. The molecule has 0 spiro atoms. The molecular weight excluding hydrogens is 200 g/mol. The van der Waals surface area contributed by atoms with Gasteiger partial charge in [0.25, 0.3) is 0 Å². The summed E-state index contributed by atoms with van der Waals surface area (Å²) in [5.74, 6) is -0.155. The summed E-state index contributed by atoms with van der Waals surface area (Å²) < 4.78 is 0. The molecule has 0 saturated heterocycles. The number of hydrogen-bond donors (Lipinski definition) is 2. The second-order valence-corrected chi connectivity index (χ2v) is 4.68. The maximum atomic E-state index is 11.4. The highest BCUT2D eigenvalue weighted by Crippen LogP contribution is 2.48. The number of amides is 1. The van der Waals surface area contributed by atoms with Gasteiger partial charge in [0.2, 0.25) is 5.91 Å². The number of hydrogen-bond acceptors (Lipinski definition) is 1. The van der Waals surface area contributed by atoms with Crippen LogP contribution in [0.25, 0.3) is 10.9 Å². The molecule has 1 aliphatic rings. The molecule has 3 heteroatoms. The van der Waals surface area contributed by atoms with Crippen molar-refractivity contribution in [1.82, 2.24) is 4.98 Å². The van der Waals surface area contributed by atoms with Gasteiger partial charge in [-0.15, -0.1) is 0 Å². The fourth-order valence-corrected chi connectivity index (χ4v) is 2.30. The predicted octanol–water partition coefficient (Wildman–Crippen LogP) is 1.98. The number of nitrogens with one attached hydrogen (secondary N) is 1. The highest BCUT2D eigenvalue weighted by molar-refractivity contribution is 5.87. The second kappa shape index (κ2) is 3.11. The van der Waals surface area contributed by atoms with Crippen molar-refractivity contribution in [2.75, 3.05) is 0 Å². The number of para-hydroxylation sites is 1. The van der Waals surface area contributed by atoms with E-state index in [4.69, 9.17) is 5.73 Å². The molecule has 1 amide bonds. The summed E-state index contributed by atoms with van der Waals surface area (Å²) in [5, 5.41) is 1.20. The quantitative estimate of drug-likeness (QED) is 0.806. The van der Waals surface area contributed by atoms with Crippen LogP contribution in [-0.2, 0) is 11.2 Å². The van der Waals surface area contributed by atoms with Crippen molar-refractivity contribution in [2.24, 2.45) is 11.1 Å². The molecule has 82 valence electrons. The van der Waals surface area contributed by atoms with E-state index in [0.717, 1.165) is 24.8 Å². The van der Waals surface area contributed by atoms with Crippen LogP contribution >= 0.6 is 0 Å². The van der Waals surface area contributed by atoms with Crippen molar-refractivity contribution in [2.45, 2.75) is 19.3 Å². The highest BCUT2D eigenvalue weighted by atomic mass is 16.1. The van der Waals surface area contributed by atoms with Crippen LogP contribution in [0.5, 0.6) is 0 Å². The van der Waals surface area contributed by atoms with Crippen LogP contribution in [0.2, 0.25) is 0 Å². The van der Waals surface area contributed by atoms with Gasteiger partial charge in [0.15, 0.2) is 0 Å². The fourth-order valence-electron chi connectivity index (χ4n) is 2.30. The molecule has 3 nitrogen and oxygen atoms in total. The first-order valence-corrected chi connectivity index (χ1v) is 5.56. The summed E-state index contributed by atoms with van der Waals surface area (Å²) in [7, 11) is 0. The van der Waals surface area contributed by atoms with Gasteiger partial charge in [0.1, 0.15) is 0 Å². The Labute approximate surface area is 93.6 Å². The molecule has 1 aromatic heterocycles. The molecule has 16 heavy (non-hydrogen) atoms. The lowest BCUT2D eigenvalue weighted by atomic mass is 9.95. The number of H-pyrrole nitrogens is 1. The third-order valence-corrected chi connectivity index (χ3v) is 3.58. The van der Waals surface area contributed by atoms with Gasteiger partial charge in [0, 0.05) is 17.1 Å². The molecule has 0 unspecified atom stereocenters. The topological polar surface area (TPSA) is 58.9 Å². The van der Waals surface area contributed by atoms with Crippen LogP contribution in [0.1, 0.15) is 18.4 Å². The van der Waals surface area contributed by atoms with Crippen LogP contribution in [0, 0.1) is 5.41 Å². The highest BCUT2D eigenvalue weighted by Gasteiger charge is 2.48. The molecule has 1 aliphatic carbocycles. The molecule has 0 atom stereocenters. The summed E-state index contributed by atoms with van der Waals surface area (Å²) in [4.78, 5) is 14.6. The van der Waals surface area contributed by atoms with E-state index in [1.807, 2.05) is 24.4 Å². The van der Waals surface area contributed by atoms with E-state index in [1.165, 1.54) is 10.9 Å². The van der Waals surface area contributed by atoms with Crippen LogP contribution in [0.3, 0.4) is 0 Å². The maximum Gasteiger partial charge on any atom is 0.223 e. The maximum absolute atomic E-state index is 11.4. The van der Waals surface area contributed by atoms with E-state index in [2.05, 4.69) is 11.1 Å². The summed E-state index contributed by atoms with van der Waals surface area (Å²) in [6.45, 7) is 0. The van der Waals surface area contributed by atoms with E-state index in [-0.39, 0.29) is 11.3 Å². The first kappa shape index (κ1) is 9.46. The summed E-state index contributed by atoms with van der Waals surface area (Å²) in [6, 6.07) is 8.15. The van der Waals surface area contributed by atoms with E-state index in [9.17, 15) is 4.79 Å². The number of carbonyl (C=O) groups excluding carboxylic acids is 1. The Morgan fingerprint density at radius 3 is 2.81 bits per heavy atom. The van der Waals surface area contributed by atoms with Gasteiger partial charge in [0.05, 0.1) is 5.41 Å². The van der Waals surface area contributed by atoms with Gasteiger partial charge in [-0.1, -0.05) is 18.2 Å². The van der Waals surface area contributed by atoms with Gasteiger partial charge >= 0.3 is 0 Å². The number of rotatable bonds is 3. The molecule has 0 aliphatic heterocycles. The molecule has 1 saturated carbocycles. The van der Waals surface area contributed by atoms with Crippen molar-refractivity contribution in [3.63, 3.8) is 0 Å². The van der Waals surface area contributed by atoms with Crippen LogP contribution in [-0.4, -0.2) is 10.9 Å². The first-order valence-electron chi connectivity index (χ1n) is 5.56. The number of nitrogens with two attached hydrogens (primary N) is 1. The molecule has 3 rings (SSSR count). The van der Waals surface area contributed by atoms with Gasteiger partial charge < -0.3 is 10.7 Å². The van der Waals surface area contributed by atoms with E-state index >= 15 is 0 Å². The van der Waals surface area contributed by atoms with E-state index < -0.39 is 0 Å². The Bertz CT molecular complexity index is 552. The zero-order chi connectivity index (χ0) is 11.2. The van der Waals surface area contributed by atoms with Crippen LogP contribution in [0.15, 0.2) is 30.5 Å². The van der Waals surface area contributed by atoms with Gasteiger partial charge in [-0.05, 0) is 30.9 Å². The lowest BCUT2D eigenvalue weighted by molar-refractivity contribution is -0.123. The van der Waals surface area contributed by atoms with Crippen molar-refractivity contribution < 1.29 is 4.79 Å². The monoisotopic (exact) mass is 214 g/mol. The molecule has 1 aromatic carbocycles. The SMILES string of the molecule is NC(=O)C1(Cc2c[nH]c3ccccc23)CC1. The average molecular weight is 214 g/mol. The Morgan fingerprint density at radius 2 is 2.12 bits per heavy atom. The largest absolute Gasteiger partial charge is 0.369 e. The molecule has 0 radical (unpaired) electrons. The van der Waals surface area contributed by atoms with Crippen molar-refractivity contribution in [1.29, 1.82) is 0 Å². The van der Waals surface area contributed by atoms with Crippen LogP contribution in [0.4, 0.5) is 0 Å². The average Bonchev–Trinajstić information content (AvgIpc) is 2.96. The Hall–Kier alpha value is -1.77. The Balaban J connectivity index is 1.98. The van der Waals surface area contributed by atoms with Gasteiger partial charge in [-0.2, -0.15) is 0 Å². The fraction of sp³-hybridized carbons (Fsp3) is 0.308. The normalized spacial score (nSPS) is 17.5. The lowest BCUT2D eigenvalue weighted by Gasteiger charge is -2.09. The summed E-state index contributed by atoms with van der Waals surface area (Å²) >= 11 is 0. The number of aromatic amines is 1. The molecule has 3 N–H and O–H groups in total. The zero-order valence-corrected chi connectivity index (χ0v) is 8.99. The lowest BCUT2D eigenvalue weighted by Crippen LogP contribution is -2.26. The molecule has 0 bridgehead atoms. The van der Waals surface area contributed by atoms with Crippen molar-refractivity contribution in [3.8, 4) is 0 Å². The zero-order valence-electron chi connectivity index (χ0n) is 8.99. The van der Waals surface area contributed by atoms with Gasteiger partial charge in [-0.3, -0.25) is 4.79 Å². The minimum atomic E-state index is -0.259. The third-order valence-electron chi connectivity index (χ3n) is 3.58. The summed E-state index contributed by atoms with van der Waals surface area (Å²) in [5.41, 5.74) is 7.51. The second-order valence-electron chi connectivity index (χ2n) is 4.68. The molecule has 1 heterocycles. The minimum Gasteiger partial charge on any atom is -0.369 e. The first-order chi connectivity index (χ1) is 7.71. The minimum absolute atomic E-state index is 0.155. The van der Waals surface area contributed by atoms with Crippen molar-refractivity contribution >= 4 is 16.8 Å². The molecule has 2 aromatic rings. The number of primary amides is 1. The smallest absolute Gasteiger partial charge is 0.223 e. The molecular formula is C13H14N2O. The standard InChI is InChI=1S/C13H14N2O/c14-12(16)13(5-6-13)7-9-8-15-11-4-2-1-3-10(9)11/h1-4,8,15H,5-7H2,(H2,14,16). The van der Waals surface area contributed by atoms with Gasteiger partial charge in [-0.25, -0.2) is 0 Å². The Morgan fingerprint density at radius 1 is 1.38 bits per heavy atom. The number of aromatic nitrogens is 1. The summed E-state index contributed by atoms with van der Waals surface area (Å²) in [6.07, 6.45) is 4.63. The number of carbonyl (C=O) groups is 1. The van der Waals surface area contributed by atoms with Crippen LogP contribution < -0.4 is 5.73 Å². The van der Waals surface area contributed by atoms with E-state index in [1.54, 1.807) is 0 Å². The molecule has 1 fully saturated rings. The number of fused-ring (bicyclic) bond motifs is 1. The third kappa shape index (κ3) is 1.32.